The monoisotopic (exact) mass is 391 g/mol. The van der Waals surface area contributed by atoms with Gasteiger partial charge in [0.15, 0.2) is 0 Å². The van der Waals surface area contributed by atoms with Crippen LogP contribution in [0.5, 0.6) is 0 Å². The van der Waals surface area contributed by atoms with Crippen molar-refractivity contribution in [1.82, 2.24) is 15.1 Å². The summed E-state index contributed by atoms with van der Waals surface area (Å²) in [5, 5.41) is 6.45. The maximum Gasteiger partial charge on any atom is 0.252 e. The van der Waals surface area contributed by atoms with Gasteiger partial charge in [-0.05, 0) is 36.6 Å². The van der Waals surface area contributed by atoms with Gasteiger partial charge in [0.05, 0.1) is 0 Å². The van der Waals surface area contributed by atoms with Gasteiger partial charge in [0.2, 0.25) is 11.8 Å². The molecule has 3 rings (SSSR count). The Bertz CT molecular complexity index is 641. The molecule has 1 aromatic rings. The lowest BCUT2D eigenvalue weighted by Gasteiger charge is -2.23. The fourth-order valence-electron chi connectivity index (χ4n) is 3.94. The van der Waals surface area contributed by atoms with E-state index in [4.69, 9.17) is 0 Å². The van der Waals surface area contributed by atoms with Crippen LogP contribution in [0.25, 0.3) is 0 Å². The first kappa shape index (κ1) is 19.9. The highest BCUT2D eigenvalue weighted by Gasteiger charge is 2.25. The van der Waals surface area contributed by atoms with Gasteiger partial charge < -0.3 is 15.1 Å². The van der Waals surface area contributed by atoms with Crippen LogP contribution < -0.4 is 5.32 Å². The van der Waals surface area contributed by atoms with E-state index in [0.29, 0.717) is 50.5 Å². The predicted octanol–water partition coefficient (Wildman–Crippen LogP) is 2.51. The minimum atomic E-state index is -0.136. The van der Waals surface area contributed by atoms with Crippen LogP contribution in [-0.4, -0.2) is 60.2 Å². The van der Waals surface area contributed by atoms with Gasteiger partial charge in [-0.2, -0.15) is 11.3 Å². The fourth-order valence-corrected chi connectivity index (χ4v) is 4.58. The molecular weight excluding hydrogens is 362 g/mol. The van der Waals surface area contributed by atoms with Crippen molar-refractivity contribution in [3.8, 4) is 0 Å². The number of carbonyl (C=O) groups excluding carboxylic acids is 3. The van der Waals surface area contributed by atoms with Gasteiger partial charge in [-0.25, -0.2) is 0 Å². The highest BCUT2D eigenvalue weighted by atomic mass is 32.1. The molecule has 0 aromatic carbocycles. The molecule has 0 atom stereocenters. The van der Waals surface area contributed by atoms with E-state index >= 15 is 0 Å². The van der Waals surface area contributed by atoms with Crippen molar-refractivity contribution < 1.29 is 14.4 Å². The minimum absolute atomic E-state index is 0.0470. The van der Waals surface area contributed by atoms with Gasteiger partial charge in [0, 0.05) is 56.5 Å². The van der Waals surface area contributed by atoms with E-state index < -0.39 is 0 Å². The molecule has 0 bridgehead atoms. The topological polar surface area (TPSA) is 69.7 Å². The second kappa shape index (κ2) is 9.88. The van der Waals surface area contributed by atoms with Crippen molar-refractivity contribution >= 4 is 29.1 Å². The van der Waals surface area contributed by atoms with E-state index in [2.05, 4.69) is 5.32 Å². The van der Waals surface area contributed by atoms with E-state index in [-0.39, 0.29) is 17.7 Å². The Morgan fingerprint density at radius 1 is 1.00 bits per heavy atom. The quantitative estimate of drug-likeness (QED) is 0.810. The summed E-state index contributed by atoms with van der Waals surface area (Å²) in [7, 11) is 0. The van der Waals surface area contributed by atoms with Crippen molar-refractivity contribution in [2.45, 2.75) is 44.9 Å². The van der Waals surface area contributed by atoms with Crippen molar-refractivity contribution in [3.05, 3.63) is 22.4 Å². The van der Waals surface area contributed by atoms with E-state index in [1.807, 2.05) is 15.2 Å². The first-order valence-electron chi connectivity index (χ1n) is 9.99. The van der Waals surface area contributed by atoms with Gasteiger partial charge in [0.1, 0.15) is 0 Å². The van der Waals surface area contributed by atoms with Crippen LogP contribution in [0.15, 0.2) is 16.8 Å². The van der Waals surface area contributed by atoms with Crippen LogP contribution >= 0.6 is 11.3 Å². The third-order valence-corrected chi connectivity index (χ3v) is 6.23. The summed E-state index contributed by atoms with van der Waals surface area (Å²) in [6.07, 6.45) is 6.66. The summed E-state index contributed by atoms with van der Waals surface area (Å²) in [5.41, 5.74) is 0.638. The number of nitrogens with zero attached hydrogens (tertiary/aromatic N) is 2. The Kier molecular flexibility index (Phi) is 7.26. The van der Waals surface area contributed by atoms with Crippen molar-refractivity contribution in [1.29, 1.82) is 0 Å². The van der Waals surface area contributed by atoms with Crippen LogP contribution in [0.3, 0.4) is 0 Å². The Balaban J connectivity index is 1.38. The SMILES string of the molecule is O=C(NCCC(=O)N1CCCN(C(=O)CC2CCCC2)CC1)c1ccsc1. The summed E-state index contributed by atoms with van der Waals surface area (Å²) in [5.74, 6) is 0.721. The number of nitrogens with one attached hydrogen (secondary N) is 1. The zero-order valence-electron chi connectivity index (χ0n) is 15.8. The molecule has 1 saturated heterocycles. The normalized spacial score (nSPS) is 18.4. The van der Waals surface area contributed by atoms with Crippen LogP contribution in [0.2, 0.25) is 0 Å². The zero-order chi connectivity index (χ0) is 19.1. The molecule has 2 aliphatic rings. The lowest BCUT2D eigenvalue weighted by Crippen LogP contribution is -2.38. The van der Waals surface area contributed by atoms with Crippen molar-refractivity contribution in [3.63, 3.8) is 0 Å². The Morgan fingerprint density at radius 3 is 2.37 bits per heavy atom. The number of rotatable bonds is 6. The molecule has 2 heterocycles. The number of thiophene rings is 1. The lowest BCUT2D eigenvalue weighted by molar-refractivity contribution is -0.134. The third-order valence-electron chi connectivity index (χ3n) is 5.55. The Morgan fingerprint density at radius 2 is 1.70 bits per heavy atom. The highest BCUT2D eigenvalue weighted by Crippen LogP contribution is 2.28. The number of hydrogen-bond donors (Lipinski definition) is 1. The van der Waals surface area contributed by atoms with Gasteiger partial charge in [-0.1, -0.05) is 12.8 Å². The summed E-state index contributed by atoms with van der Waals surface area (Å²) >= 11 is 1.48. The molecule has 6 nitrogen and oxygen atoms in total. The first-order valence-corrected chi connectivity index (χ1v) is 10.9. The summed E-state index contributed by atoms with van der Waals surface area (Å²) in [6, 6.07) is 1.77. The van der Waals surface area contributed by atoms with Crippen molar-refractivity contribution in [2.24, 2.45) is 5.92 Å². The molecule has 27 heavy (non-hydrogen) atoms. The first-order chi connectivity index (χ1) is 13.1. The zero-order valence-corrected chi connectivity index (χ0v) is 16.6. The van der Waals surface area contributed by atoms with E-state index in [1.165, 1.54) is 37.0 Å². The highest BCUT2D eigenvalue weighted by molar-refractivity contribution is 7.08. The average molecular weight is 392 g/mol. The molecule has 1 aromatic heterocycles. The third kappa shape index (κ3) is 5.79. The molecule has 148 valence electrons. The maximum absolute atomic E-state index is 12.5. The summed E-state index contributed by atoms with van der Waals surface area (Å²) in [4.78, 5) is 40.6. The van der Waals surface area contributed by atoms with Crippen LogP contribution in [0.1, 0.15) is 55.3 Å². The molecule has 0 radical (unpaired) electrons. The molecule has 1 saturated carbocycles. The summed E-state index contributed by atoms with van der Waals surface area (Å²) in [6.45, 7) is 2.98. The molecule has 1 N–H and O–H groups in total. The van der Waals surface area contributed by atoms with Crippen LogP contribution in [-0.2, 0) is 9.59 Å². The van der Waals surface area contributed by atoms with E-state index in [9.17, 15) is 14.4 Å². The Hall–Kier alpha value is -1.89. The number of hydrogen-bond acceptors (Lipinski definition) is 4. The standard InChI is InChI=1S/C20H29N3O3S/c24-18(6-8-21-20(26)17-7-13-27-15-17)22-9-3-10-23(12-11-22)19(25)14-16-4-1-2-5-16/h7,13,15-16H,1-6,8-12,14H2,(H,21,26). The molecule has 2 fully saturated rings. The molecule has 7 heteroatoms. The molecular formula is C20H29N3O3S. The lowest BCUT2D eigenvalue weighted by atomic mass is 10.0. The fraction of sp³-hybridized carbons (Fsp3) is 0.650. The molecule has 1 aliphatic carbocycles. The smallest absolute Gasteiger partial charge is 0.252 e. The summed E-state index contributed by atoms with van der Waals surface area (Å²) < 4.78 is 0. The largest absolute Gasteiger partial charge is 0.351 e. The van der Waals surface area contributed by atoms with Gasteiger partial charge >= 0.3 is 0 Å². The number of amides is 3. The van der Waals surface area contributed by atoms with Crippen LogP contribution in [0.4, 0.5) is 0 Å². The van der Waals surface area contributed by atoms with Crippen LogP contribution in [0, 0.1) is 5.92 Å². The second-order valence-electron chi connectivity index (χ2n) is 7.49. The molecule has 0 unspecified atom stereocenters. The minimum Gasteiger partial charge on any atom is -0.351 e. The second-order valence-corrected chi connectivity index (χ2v) is 8.27. The molecule has 1 aliphatic heterocycles. The molecule has 0 spiro atoms. The van der Waals surface area contributed by atoms with E-state index in [0.717, 1.165) is 13.0 Å². The van der Waals surface area contributed by atoms with Crippen molar-refractivity contribution in [2.75, 3.05) is 32.7 Å². The predicted molar refractivity (Wildman–Crippen MR) is 106 cm³/mol. The van der Waals surface area contributed by atoms with E-state index in [1.54, 1.807) is 11.4 Å². The van der Waals surface area contributed by atoms with Gasteiger partial charge in [-0.15, -0.1) is 0 Å². The average Bonchev–Trinajstić information content (AvgIpc) is 3.31. The maximum atomic E-state index is 12.5. The Labute approximate surface area is 164 Å². The van der Waals surface area contributed by atoms with Gasteiger partial charge in [0.25, 0.3) is 5.91 Å². The molecule has 3 amide bonds. The number of carbonyl (C=O) groups is 3. The van der Waals surface area contributed by atoms with Gasteiger partial charge in [-0.3, -0.25) is 14.4 Å².